The van der Waals surface area contributed by atoms with Crippen LogP contribution in [0.2, 0.25) is 0 Å². The quantitative estimate of drug-likeness (QED) is 0.887. The highest BCUT2D eigenvalue weighted by Gasteiger charge is 2.31. The molecule has 3 rings (SSSR count). The van der Waals surface area contributed by atoms with Crippen molar-refractivity contribution in [3.8, 4) is 11.5 Å². The van der Waals surface area contributed by atoms with Gasteiger partial charge in [0, 0.05) is 27.2 Å². The van der Waals surface area contributed by atoms with E-state index in [1.54, 1.807) is 12.0 Å². The van der Waals surface area contributed by atoms with Gasteiger partial charge in [0.1, 0.15) is 0 Å². The summed E-state index contributed by atoms with van der Waals surface area (Å²) in [6.07, 6.45) is 0.846. The zero-order chi connectivity index (χ0) is 14.8. The first-order chi connectivity index (χ1) is 10.2. The fraction of sp³-hybridized carbons (Fsp3) is 0.533. The van der Waals surface area contributed by atoms with E-state index in [4.69, 9.17) is 14.2 Å². The van der Waals surface area contributed by atoms with Crippen LogP contribution in [0, 0.1) is 0 Å². The topological polar surface area (TPSA) is 60.0 Å². The third kappa shape index (κ3) is 2.96. The lowest BCUT2D eigenvalue weighted by Crippen LogP contribution is -2.41. The smallest absolute Gasteiger partial charge is 0.239 e. The Balaban J connectivity index is 1.61. The Morgan fingerprint density at radius 1 is 1.43 bits per heavy atom. The standard InChI is InChI=1S/C15H20N2O4/c1-17(15(18)12-6-11(19-2)7-16-12)8-10-3-4-13-14(5-10)21-9-20-13/h3-5,11-12,16H,6-9H2,1-2H3. The number of likely N-dealkylation sites (N-methyl/N-ethyl adjacent to an activating group) is 1. The highest BCUT2D eigenvalue weighted by atomic mass is 16.7. The highest BCUT2D eigenvalue weighted by molar-refractivity contribution is 5.82. The van der Waals surface area contributed by atoms with Crippen molar-refractivity contribution in [1.29, 1.82) is 0 Å². The van der Waals surface area contributed by atoms with Gasteiger partial charge in [-0.25, -0.2) is 0 Å². The number of hydrogen-bond acceptors (Lipinski definition) is 5. The molecule has 0 radical (unpaired) electrons. The Bertz CT molecular complexity index is 534. The minimum Gasteiger partial charge on any atom is -0.454 e. The van der Waals surface area contributed by atoms with Gasteiger partial charge in [0.25, 0.3) is 0 Å². The van der Waals surface area contributed by atoms with E-state index in [-0.39, 0.29) is 24.8 Å². The maximum atomic E-state index is 12.4. The molecule has 0 bridgehead atoms. The second kappa shape index (κ2) is 5.91. The van der Waals surface area contributed by atoms with Crippen LogP contribution in [0.15, 0.2) is 18.2 Å². The van der Waals surface area contributed by atoms with Gasteiger partial charge in [-0.1, -0.05) is 6.07 Å². The van der Waals surface area contributed by atoms with Gasteiger partial charge in [-0.2, -0.15) is 0 Å². The molecule has 2 unspecified atom stereocenters. The number of carbonyl (C=O) groups is 1. The predicted octanol–water partition coefficient (Wildman–Crippen LogP) is 0.751. The average Bonchev–Trinajstić information content (AvgIpc) is 3.14. The maximum absolute atomic E-state index is 12.4. The van der Waals surface area contributed by atoms with Gasteiger partial charge in [-0.15, -0.1) is 0 Å². The molecule has 6 heteroatoms. The zero-order valence-corrected chi connectivity index (χ0v) is 12.3. The Morgan fingerprint density at radius 2 is 2.24 bits per heavy atom. The number of carbonyl (C=O) groups excluding carboxylic acids is 1. The summed E-state index contributed by atoms with van der Waals surface area (Å²) < 4.78 is 15.9. The van der Waals surface area contributed by atoms with Gasteiger partial charge in [-0.3, -0.25) is 4.79 Å². The number of benzene rings is 1. The molecule has 21 heavy (non-hydrogen) atoms. The molecule has 0 saturated carbocycles. The van der Waals surface area contributed by atoms with Crippen LogP contribution >= 0.6 is 0 Å². The van der Waals surface area contributed by atoms with Crippen molar-refractivity contribution in [2.45, 2.75) is 25.1 Å². The molecule has 1 N–H and O–H groups in total. The number of hydrogen-bond donors (Lipinski definition) is 1. The third-order valence-corrected chi connectivity index (χ3v) is 3.95. The maximum Gasteiger partial charge on any atom is 0.239 e. The lowest BCUT2D eigenvalue weighted by atomic mass is 10.1. The van der Waals surface area contributed by atoms with E-state index in [9.17, 15) is 4.79 Å². The summed E-state index contributed by atoms with van der Waals surface area (Å²) in [4.78, 5) is 14.1. The molecule has 0 spiro atoms. The molecule has 1 aromatic carbocycles. The van der Waals surface area contributed by atoms with Crippen molar-refractivity contribution in [2.75, 3.05) is 27.5 Å². The van der Waals surface area contributed by atoms with Crippen LogP contribution in [0.4, 0.5) is 0 Å². The number of ether oxygens (including phenoxy) is 3. The second-order valence-corrected chi connectivity index (χ2v) is 5.44. The normalized spacial score (nSPS) is 23.3. The Kier molecular flexibility index (Phi) is 3.98. The van der Waals surface area contributed by atoms with Crippen molar-refractivity contribution in [2.24, 2.45) is 0 Å². The fourth-order valence-electron chi connectivity index (χ4n) is 2.73. The van der Waals surface area contributed by atoms with Crippen LogP contribution in [0.25, 0.3) is 0 Å². The van der Waals surface area contributed by atoms with Crippen LogP contribution in [-0.4, -0.2) is 50.4 Å². The first-order valence-corrected chi connectivity index (χ1v) is 7.07. The van der Waals surface area contributed by atoms with E-state index >= 15 is 0 Å². The van der Waals surface area contributed by atoms with Crippen LogP contribution in [-0.2, 0) is 16.1 Å². The summed E-state index contributed by atoms with van der Waals surface area (Å²) in [5.41, 5.74) is 1.02. The van der Waals surface area contributed by atoms with Gasteiger partial charge >= 0.3 is 0 Å². The molecule has 2 aliphatic rings. The molecule has 114 valence electrons. The largest absolute Gasteiger partial charge is 0.454 e. The molecule has 0 aromatic heterocycles. The number of nitrogens with one attached hydrogen (secondary N) is 1. The summed E-state index contributed by atoms with van der Waals surface area (Å²) in [5, 5.41) is 3.20. The second-order valence-electron chi connectivity index (χ2n) is 5.44. The molecular weight excluding hydrogens is 272 g/mol. The van der Waals surface area contributed by atoms with Crippen LogP contribution < -0.4 is 14.8 Å². The Hall–Kier alpha value is -1.79. The summed E-state index contributed by atoms with van der Waals surface area (Å²) in [6.45, 7) is 1.54. The van der Waals surface area contributed by atoms with Crippen molar-refractivity contribution < 1.29 is 19.0 Å². The van der Waals surface area contributed by atoms with Gasteiger partial charge in [-0.05, 0) is 24.1 Å². The van der Waals surface area contributed by atoms with Gasteiger partial charge in [0.2, 0.25) is 12.7 Å². The number of rotatable bonds is 4. The fourth-order valence-corrected chi connectivity index (χ4v) is 2.73. The molecule has 1 saturated heterocycles. The molecule has 2 atom stereocenters. The Morgan fingerprint density at radius 3 is 3.00 bits per heavy atom. The van der Waals surface area contributed by atoms with Crippen molar-refractivity contribution in [3.63, 3.8) is 0 Å². The monoisotopic (exact) mass is 292 g/mol. The molecule has 1 fully saturated rings. The number of methoxy groups -OCH3 is 1. The van der Waals surface area contributed by atoms with E-state index in [0.717, 1.165) is 30.0 Å². The van der Waals surface area contributed by atoms with E-state index in [1.807, 2.05) is 25.2 Å². The van der Waals surface area contributed by atoms with E-state index < -0.39 is 0 Å². The van der Waals surface area contributed by atoms with Gasteiger partial charge in [0.15, 0.2) is 11.5 Å². The minimum atomic E-state index is -0.158. The van der Waals surface area contributed by atoms with E-state index in [2.05, 4.69) is 5.32 Å². The lowest BCUT2D eigenvalue weighted by Gasteiger charge is -2.21. The number of fused-ring (bicyclic) bond motifs is 1. The van der Waals surface area contributed by atoms with Crippen LogP contribution in [0.3, 0.4) is 0 Å². The van der Waals surface area contributed by atoms with Crippen LogP contribution in [0.1, 0.15) is 12.0 Å². The van der Waals surface area contributed by atoms with Crippen molar-refractivity contribution in [3.05, 3.63) is 23.8 Å². The van der Waals surface area contributed by atoms with Crippen molar-refractivity contribution in [1.82, 2.24) is 10.2 Å². The van der Waals surface area contributed by atoms with Crippen molar-refractivity contribution >= 4 is 5.91 Å². The SMILES string of the molecule is COC1CNC(C(=O)N(C)Cc2ccc3c(c2)OCO3)C1. The zero-order valence-electron chi connectivity index (χ0n) is 12.3. The van der Waals surface area contributed by atoms with Crippen LogP contribution in [0.5, 0.6) is 11.5 Å². The molecule has 6 nitrogen and oxygen atoms in total. The molecule has 2 aliphatic heterocycles. The molecule has 1 aromatic rings. The van der Waals surface area contributed by atoms with E-state index in [1.165, 1.54) is 0 Å². The lowest BCUT2D eigenvalue weighted by molar-refractivity contribution is -0.132. The molecular formula is C15H20N2O4. The van der Waals surface area contributed by atoms with E-state index in [0.29, 0.717) is 6.54 Å². The third-order valence-electron chi connectivity index (χ3n) is 3.95. The molecule has 0 aliphatic carbocycles. The first kappa shape index (κ1) is 14.2. The summed E-state index contributed by atoms with van der Waals surface area (Å²) in [5.74, 6) is 1.59. The highest BCUT2D eigenvalue weighted by Crippen LogP contribution is 2.32. The summed E-state index contributed by atoms with van der Waals surface area (Å²) in [7, 11) is 3.49. The summed E-state index contributed by atoms with van der Waals surface area (Å²) >= 11 is 0. The first-order valence-electron chi connectivity index (χ1n) is 7.07. The molecule has 1 amide bonds. The predicted molar refractivity (Wildman–Crippen MR) is 76.2 cm³/mol. The minimum absolute atomic E-state index is 0.0900. The number of nitrogens with zero attached hydrogens (tertiary/aromatic N) is 1. The molecule has 2 heterocycles. The average molecular weight is 292 g/mol. The van der Waals surface area contributed by atoms with Gasteiger partial charge in [0.05, 0.1) is 12.1 Å². The number of amides is 1. The van der Waals surface area contributed by atoms with Gasteiger partial charge < -0.3 is 24.4 Å². The Labute approximate surface area is 124 Å². The summed E-state index contributed by atoms with van der Waals surface area (Å²) in [6, 6.07) is 5.60.